The third-order valence-corrected chi connectivity index (χ3v) is 5.56. The lowest BCUT2D eigenvalue weighted by Crippen LogP contribution is -2.22. The Bertz CT molecular complexity index is 453. The zero-order chi connectivity index (χ0) is 19.4. The van der Waals surface area contributed by atoms with Crippen LogP contribution in [0.15, 0.2) is 12.2 Å². The van der Waals surface area contributed by atoms with Crippen LogP contribution < -0.4 is 0 Å². The van der Waals surface area contributed by atoms with E-state index in [0.717, 1.165) is 57.8 Å². The van der Waals surface area contributed by atoms with Crippen LogP contribution in [-0.4, -0.2) is 34.0 Å². The quantitative estimate of drug-likeness (QED) is 0.353. The first-order valence-corrected chi connectivity index (χ1v) is 10.4. The van der Waals surface area contributed by atoms with E-state index in [4.69, 9.17) is 5.11 Å². The average molecular weight is 367 g/mol. The van der Waals surface area contributed by atoms with Gasteiger partial charge in [-0.1, -0.05) is 51.2 Å². The Kier molecular flexibility index (Phi) is 11.0. The lowest BCUT2D eigenvalue weighted by atomic mass is 9.88. The summed E-state index contributed by atoms with van der Waals surface area (Å²) in [6, 6.07) is 0. The number of ketones is 2. The minimum Gasteiger partial charge on any atom is -0.390 e. The zero-order valence-electron chi connectivity index (χ0n) is 16.7. The number of allylic oxidation sites excluding steroid dienone is 1. The molecule has 0 heterocycles. The molecule has 3 atom stereocenters. The van der Waals surface area contributed by atoms with E-state index >= 15 is 0 Å². The maximum Gasteiger partial charge on any atom is 0.158 e. The average Bonchev–Trinajstić information content (AvgIpc) is 2.96. The Balaban J connectivity index is 2.31. The molecule has 0 aromatic heterocycles. The second-order valence-electron chi connectivity index (χ2n) is 8.16. The number of hydrogen-bond donors (Lipinski definition) is 2. The van der Waals surface area contributed by atoms with E-state index in [2.05, 4.69) is 19.1 Å². The minimum atomic E-state index is -0.642. The van der Waals surface area contributed by atoms with Gasteiger partial charge in [0.15, 0.2) is 5.78 Å². The number of aliphatic hydroxyl groups is 2. The third kappa shape index (κ3) is 9.09. The van der Waals surface area contributed by atoms with Crippen molar-refractivity contribution in [1.29, 1.82) is 0 Å². The van der Waals surface area contributed by atoms with Gasteiger partial charge in [0, 0.05) is 18.8 Å². The molecule has 1 rings (SSSR count). The van der Waals surface area contributed by atoms with E-state index in [1.54, 1.807) is 0 Å². The molecule has 0 radical (unpaired) electrons. The largest absolute Gasteiger partial charge is 0.390 e. The first kappa shape index (κ1) is 23.0. The van der Waals surface area contributed by atoms with Crippen molar-refractivity contribution in [2.75, 3.05) is 6.61 Å². The summed E-state index contributed by atoms with van der Waals surface area (Å²) in [5, 5.41) is 19.1. The van der Waals surface area contributed by atoms with Gasteiger partial charge < -0.3 is 10.2 Å². The van der Waals surface area contributed by atoms with Crippen molar-refractivity contribution in [3.05, 3.63) is 12.2 Å². The van der Waals surface area contributed by atoms with Gasteiger partial charge in [-0.05, 0) is 44.9 Å². The van der Waals surface area contributed by atoms with Crippen LogP contribution in [0.5, 0.6) is 0 Å². The normalized spacial score (nSPS) is 22.8. The molecule has 0 saturated heterocycles. The van der Waals surface area contributed by atoms with E-state index in [9.17, 15) is 14.7 Å². The van der Waals surface area contributed by atoms with Gasteiger partial charge in [0.25, 0.3) is 0 Å². The van der Waals surface area contributed by atoms with Crippen LogP contribution in [0.2, 0.25) is 0 Å². The van der Waals surface area contributed by atoms with E-state index in [0.29, 0.717) is 31.0 Å². The van der Waals surface area contributed by atoms with Crippen molar-refractivity contribution < 1.29 is 19.8 Å². The van der Waals surface area contributed by atoms with Gasteiger partial charge in [-0.2, -0.15) is 0 Å². The summed E-state index contributed by atoms with van der Waals surface area (Å²) in [5.41, 5.74) is -0.642. The highest BCUT2D eigenvalue weighted by atomic mass is 16.3. The summed E-state index contributed by atoms with van der Waals surface area (Å²) in [4.78, 5) is 23.2. The van der Waals surface area contributed by atoms with Crippen LogP contribution in [0, 0.1) is 11.8 Å². The summed E-state index contributed by atoms with van der Waals surface area (Å²) >= 11 is 0. The van der Waals surface area contributed by atoms with Gasteiger partial charge in [0.05, 0.1) is 5.60 Å². The molecule has 0 bridgehead atoms. The molecular weight excluding hydrogens is 328 g/mol. The van der Waals surface area contributed by atoms with Gasteiger partial charge in [-0.25, -0.2) is 0 Å². The van der Waals surface area contributed by atoms with E-state index in [1.807, 2.05) is 6.92 Å². The van der Waals surface area contributed by atoms with E-state index in [1.165, 1.54) is 0 Å². The first-order valence-electron chi connectivity index (χ1n) is 10.4. The highest BCUT2D eigenvalue weighted by Gasteiger charge is 2.32. The minimum absolute atomic E-state index is 0.0870. The Labute approximate surface area is 159 Å². The van der Waals surface area contributed by atoms with Gasteiger partial charge >= 0.3 is 0 Å². The van der Waals surface area contributed by atoms with Crippen molar-refractivity contribution in [2.45, 2.75) is 96.5 Å². The van der Waals surface area contributed by atoms with E-state index in [-0.39, 0.29) is 18.3 Å². The predicted molar refractivity (Wildman–Crippen MR) is 105 cm³/mol. The van der Waals surface area contributed by atoms with E-state index < -0.39 is 5.60 Å². The molecule has 1 fully saturated rings. The second-order valence-corrected chi connectivity index (χ2v) is 8.16. The third-order valence-electron chi connectivity index (χ3n) is 5.56. The fourth-order valence-electron chi connectivity index (χ4n) is 3.82. The molecule has 1 unspecified atom stereocenters. The molecule has 0 aromatic rings. The fourth-order valence-corrected chi connectivity index (χ4v) is 3.82. The van der Waals surface area contributed by atoms with Crippen LogP contribution >= 0.6 is 0 Å². The smallest absolute Gasteiger partial charge is 0.158 e. The van der Waals surface area contributed by atoms with Crippen LogP contribution in [0.4, 0.5) is 0 Å². The fraction of sp³-hybridized carbons (Fsp3) is 0.818. The lowest BCUT2D eigenvalue weighted by molar-refractivity contribution is -0.122. The standard InChI is InChI=1S/C22H38O4/c1-3-4-15-22(2,26)16-9-10-18-13-14-21(25)20(18)12-8-6-5-7-11-19(24)17-23/h9-10,18,20,23,26H,3-8,11-17H2,1-2H3/t18-,20+,22?/m0/s1. The van der Waals surface area contributed by atoms with Crippen LogP contribution in [0.1, 0.15) is 90.9 Å². The van der Waals surface area contributed by atoms with Crippen molar-refractivity contribution in [1.82, 2.24) is 0 Å². The van der Waals surface area contributed by atoms with Gasteiger partial charge in [0.1, 0.15) is 12.4 Å². The summed E-state index contributed by atoms with van der Waals surface area (Å²) in [6.45, 7) is 3.67. The van der Waals surface area contributed by atoms with Gasteiger partial charge in [0.2, 0.25) is 0 Å². The lowest BCUT2D eigenvalue weighted by Gasteiger charge is -2.21. The summed E-state index contributed by atoms with van der Waals surface area (Å²) < 4.78 is 0. The van der Waals surface area contributed by atoms with Crippen molar-refractivity contribution in [3.8, 4) is 0 Å². The van der Waals surface area contributed by atoms with Crippen molar-refractivity contribution in [3.63, 3.8) is 0 Å². The number of carbonyl (C=O) groups excluding carboxylic acids is 2. The molecular formula is C22H38O4. The second kappa shape index (κ2) is 12.4. The molecule has 1 saturated carbocycles. The molecule has 4 nitrogen and oxygen atoms in total. The molecule has 0 aromatic carbocycles. The number of Topliss-reactive ketones (excluding diaryl/α,β-unsaturated/α-hetero) is 2. The molecule has 0 aliphatic heterocycles. The van der Waals surface area contributed by atoms with Crippen LogP contribution in [0.3, 0.4) is 0 Å². The molecule has 0 spiro atoms. The SMILES string of the molecule is CCCCC(C)(O)CC=C[C@H]1CCC(=O)[C@@H]1CCCCCCC(=O)CO. The maximum atomic E-state index is 12.2. The molecule has 0 amide bonds. The first-order chi connectivity index (χ1) is 12.4. The Morgan fingerprint density at radius 3 is 2.65 bits per heavy atom. The highest BCUT2D eigenvalue weighted by Crippen LogP contribution is 2.34. The van der Waals surface area contributed by atoms with Gasteiger partial charge in [-0.15, -0.1) is 0 Å². The number of carbonyl (C=O) groups is 2. The highest BCUT2D eigenvalue weighted by molar-refractivity contribution is 5.83. The van der Waals surface area contributed by atoms with Crippen molar-refractivity contribution in [2.24, 2.45) is 11.8 Å². The summed E-state index contributed by atoms with van der Waals surface area (Å²) in [7, 11) is 0. The molecule has 1 aliphatic rings. The molecule has 1 aliphatic carbocycles. The van der Waals surface area contributed by atoms with Crippen molar-refractivity contribution >= 4 is 11.6 Å². The Hall–Kier alpha value is -1.00. The Morgan fingerprint density at radius 2 is 1.96 bits per heavy atom. The maximum absolute atomic E-state index is 12.2. The zero-order valence-corrected chi connectivity index (χ0v) is 16.7. The summed E-state index contributed by atoms with van der Waals surface area (Å²) in [6.07, 6.45) is 14.7. The monoisotopic (exact) mass is 366 g/mol. The predicted octanol–water partition coefficient (Wildman–Crippen LogP) is 4.37. The number of hydrogen-bond acceptors (Lipinski definition) is 4. The summed E-state index contributed by atoms with van der Waals surface area (Å²) in [5.74, 6) is 0.746. The number of rotatable bonds is 14. The number of aliphatic hydroxyl groups excluding tert-OH is 1. The van der Waals surface area contributed by atoms with Crippen LogP contribution in [0.25, 0.3) is 0 Å². The van der Waals surface area contributed by atoms with Gasteiger partial charge in [-0.3, -0.25) is 9.59 Å². The number of unbranched alkanes of at least 4 members (excludes halogenated alkanes) is 4. The molecule has 2 N–H and O–H groups in total. The Morgan fingerprint density at radius 1 is 1.23 bits per heavy atom. The van der Waals surface area contributed by atoms with Crippen LogP contribution in [-0.2, 0) is 9.59 Å². The molecule has 4 heteroatoms. The molecule has 26 heavy (non-hydrogen) atoms. The molecule has 150 valence electrons. The topological polar surface area (TPSA) is 74.6 Å².